The van der Waals surface area contributed by atoms with E-state index in [0.29, 0.717) is 0 Å². The van der Waals surface area contributed by atoms with Crippen LogP contribution in [0.15, 0.2) is 42.7 Å². The zero-order valence-electron chi connectivity index (χ0n) is 14.2. The molecule has 0 bridgehead atoms. The maximum absolute atomic E-state index is 13.1. The summed E-state index contributed by atoms with van der Waals surface area (Å²) in [4.78, 5) is 31.9. The molecule has 1 saturated carbocycles. The monoisotopic (exact) mass is 379 g/mol. The Morgan fingerprint density at radius 1 is 1.19 bits per heavy atom. The number of aromatic nitrogens is 2. The zero-order chi connectivity index (χ0) is 19.6. The SMILES string of the molecule is C[C@H](OC(=O)[C@H]1C[C@H]1c1ccccc1C(F)(F)F)C(=O)Nc1ncccn1. The quantitative estimate of drug-likeness (QED) is 0.807. The van der Waals surface area contributed by atoms with Gasteiger partial charge in [-0.15, -0.1) is 0 Å². The molecular formula is C18H16F3N3O3. The molecule has 1 aliphatic rings. The first-order valence-electron chi connectivity index (χ1n) is 8.22. The number of alkyl halides is 3. The lowest BCUT2D eigenvalue weighted by Crippen LogP contribution is -2.31. The maximum atomic E-state index is 13.1. The average Bonchev–Trinajstić information content (AvgIpc) is 3.42. The van der Waals surface area contributed by atoms with Gasteiger partial charge in [0.15, 0.2) is 6.10 Å². The van der Waals surface area contributed by atoms with Crippen molar-refractivity contribution in [1.29, 1.82) is 0 Å². The van der Waals surface area contributed by atoms with Crippen LogP contribution in [-0.4, -0.2) is 27.9 Å². The van der Waals surface area contributed by atoms with Crippen LogP contribution in [0.1, 0.15) is 30.4 Å². The Balaban J connectivity index is 1.60. The van der Waals surface area contributed by atoms with Crippen molar-refractivity contribution < 1.29 is 27.5 Å². The smallest absolute Gasteiger partial charge is 0.416 e. The Morgan fingerprint density at radius 2 is 1.85 bits per heavy atom. The van der Waals surface area contributed by atoms with Crippen molar-refractivity contribution in [2.24, 2.45) is 5.92 Å². The van der Waals surface area contributed by atoms with Gasteiger partial charge in [0.25, 0.3) is 5.91 Å². The van der Waals surface area contributed by atoms with Gasteiger partial charge < -0.3 is 4.74 Å². The van der Waals surface area contributed by atoms with Gasteiger partial charge in [0.05, 0.1) is 11.5 Å². The second-order valence-electron chi connectivity index (χ2n) is 6.17. The van der Waals surface area contributed by atoms with E-state index in [1.165, 1.54) is 37.5 Å². The molecule has 0 spiro atoms. The summed E-state index contributed by atoms with van der Waals surface area (Å²) in [5, 5.41) is 2.39. The molecule has 1 aromatic carbocycles. The van der Waals surface area contributed by atoms with Crippen LogP contribution in [0.3, 0.4) is 0 Å². The van der Waals surface area contributed by atoms with Gasteiger partial charge in [0, 0.05) is 12.4 Å². The summed E-state index contributed by atoms with van der Waals surface area (Å²) in [6.45, 7) is 1.37. The highest BCUT2D eigenvalue weighted by atomic mass is 19.4. The van der Waals surface area contributed by atoms with Crippen LogP contribution in [0.2, 0.25) is 0 Å². The van der Waals surface area contributed by atoms with E-state index in [2.05, 4.69) is 15.3 Å². The fourth-order valence-electron chi connectivity index (χ4n) is 2.77. The van der Waals surface area contributed by atoms with E-state index in [-0.39, 0.29) is 17.9 Å². The van der Waals surface area contributed by atoms with E-state index in [1.54, 1.807) is 6.07 Å². The summed E-state index contributed by atoms with van der Waals surface area (Å²) < 4.78 is 44.4. The van der Waals surface area contributed by atoms with Crippen molar-refractivity contribution in [3.8, 4) is 0 Å². The van der Waals surface area contributed by atoms with Gasteiger partial charge in [-0.2, -0.15) is 13.2 Å². The van der Waals surface area contributed by atoms with Crippen LogP contribution in [0.5, 0.6) is 0 Å². The summed E-state index contributed by atoms with van der Waals surface area (Å²) >= 11 is 0. The fourth-order valence-corrected chi connectivity index (χ4v) is 2.77. The topological polar surface area (TPSA) is 81.2 Å². The molecule has 1 amide bonds. The van der Waals surface area contributed by atoms with E-state index in [1.807, 2.05) is 0 Å². The molecule has 1 aromatic heterocycles. The predicted octanol–water partition coefficient (Wildman–Crippen LogP) is 3.17. The third-order valence-electron chi connectivity index (χ3n) is 4.22. The first-order valence-corrected chi connectivity index (χ1v) is 8.22. The molecule has 27 heavy (non-hydrogen) atoms. The number of hydrogen-bond donors (Lipinski definition) is 1. The Bertz CT molecular complexity index is 842. The fraction of sp³-hybridized carbons (Fsp3) is 0.333. The molecular weight excluding hydrogens is 363 g/mol. The number of rotatable bonds is 5. The van der Waals surface area contributed by atoms with Crippen molar-refractivity contribution in [3.63, 3.8) is 0 Å². The first-order chi connectivity index (χ1) is 12.8. The summed E-state index contributed by atoms with van der Waals surface area (Å²) in [6.07, 6.45) is -2.49. The summed E-state index contributed by atoms with van der Waals surface area (Å²) in [5.41, 5.74) is -0.681. The molecule has 142 valence electrons. The number of halogens is 3. The van der Waals surface area contributed by atoms with Crippen molar-refractivity contribution in [1.82, 2.24) is 9.97 Å². The highest BCUT2D eigenvalue weighted by molar-refractivity contribution is 5.94. The summed E-state index contributed by atoms with van der Waals surface area (Å²) in [6, 6.07) is 6.74. The van der Waals surface area contributed by atoms with Crippen LogP contribution in [-0.2, 0) is 20.5 Å². The van der Waals surface area contributed by atoms with Crippen molar-refractivity contribution in [2.75, 3.05) is 5.32 Å². The number of esters is 1. The van der Waals surface area contributed by atoms with E-state index >= 15 is 0 Å². The second kappa shape index (κ2) is 7.34. The third kappa shape index (κ3) is 4.42. The highest BCUT2D eigenvalue weighted by Crippen LogP contribution is 2.51. The van der Waals surface area contributed by atoms with Crippen LogP contribution >= 0.6 is 0 Å². The lowest BCUT2D eigenvalue weighted by molar-refractivity contribution is -0.154. The predicted molar refractivity (Wildman–Crippen MR) is 88.5 cm³/mol. The normalized spacial score (nSPS) is 19.9. The van der Waals surface area contributed by atoms with Gasteiger partial charge >= 0.3 is 12.1 Å². The number of carbonyl (C=O) groups excluding carboxylic acids is 2. The van der Waals surface area contributed by atoms with Gasteiger partial charge in [0.2, 0.25) is 5.95 Å². The molecule has 3 atom stereocenters. The number of anilines is 1. The second-order valence-corrected chi connectivity index (χ2v) is 6.17. The molecule has 1 fully saturated rings. The number of carbonyl (C=O) groups is 2. The molecule has 1 N–H and O–H groups in total. The molecule has 1 aliphatic carbocycles. The van der Waals surface area contributed by atoms with Crippen LogP contribution in [0, 0.1) is 5.92 Å². The highest BCUT2D eigenvalue weighted by Gasteiger charge is 2.49. The molecule has 2 aromatic rings. The van der Waals surface area contributed by atoms with Gasteiger partial charge in [0.1, 0.15) is 0 Å². The Hall–Kier alpha value is -2.97. The van der Waals surface area contributed by atoms with E-state index in [9.17, 15) is 22.8 Å². The van der Waals surface area contributed by atoms with Gasteiger partial charge in [-0.25, -0.2) is 9.97 Å². The van der Waals surface area contributed by atoms with E-state index in [4.69, 9.17) is 4.74 Å². The number of amides is 1. The molecule has 9 heteroatoms. The van der Waals surface area contributed by atoms with Crippen molar-refractivity contribution in [3.05, 3.63) is 53.9 Å². The molecule has 3 rings (SSSR count). The lowest BCUT2D eigenvalue weighted by atomic mass is 10.0. The Labute approximate surface area is 152 Å². The van der Waals surface area contributed by atoms with Crippen molar-refractivity contribution >= 4 is 17.8 Å². The van der Waals surface area contributed by atoms with E-state index in [0.717, 1.165) is 6.07 Å². The number of benzene rings is 1. The number of nitrogens with one attached hydrogen (secondary N) is 1. The lowest BCUT2D eigenvalue weighted by Gasteiger charge is -2.14. The first kappa shape index (κ1) is 18.8. The molecule has 1 heterocycles. The molecule has 0 unspecified atom stereocenters. The van der Waals surface area contributed by atoms with Gasteiger partial charge in [-0.1, -0.05) is 18.2 Å². The number of ether oxygens (including phenoxy) is 1. The Morgan fingerprint density at radius 3 is 2.52 bits per heavy atom. The minimum Gasteiger partial charge on any atom is -0.452 e. The average molecular weight is 379 g/mol. The largest absolute Gasteiger partial charge is 0.452 e. The van der Waals surface area contributed by atoms with Crippen LogP contribution < -0.4 is 5.32 Å². The van der Waals surface area contributed by atoms with Crippen molar-refractivity contribution in [2.45, 2.75) is 31.5 Å². The zero-order valence-corrected chi connectivity index (χ0v) is 14.2. The summed E-state index contributed by atoms with van der Waals surface area (Å²) in [7, 11) is 0. The van der Waals surface area contributed by atoms with Crippen LogP contribution in [0.4, 0.5) is 19.1 Å². The minimum absolute atomic E-state index is 0.0637. The maximum Gasteiger partial charge on any atom is 0.416 e. The minimum atomic E-state index is -4.49. The van der Waals surface area contributed by atoms with Crippen LogP contribution in [0.25, 0.3) is 0 Å². The summed E-state index contributed by atoms with van der Waals surface area (Å²) in [5.74, 6) is -2.52. The molecule has 0 aliphatic heterocycles. The molecule has 6 nitrogen and oxygen atoms in total. The van der Waals surface area contributed by atoms with E-state index < -0.39 is 41.6 Å². The Kier molecular flexibility index (Phi) is 5.11. The molecule has 0 radical (unpaired) electrons. The standard InChI is InChI=1S/C18H16F3N3O3/c1-10(15(25)24-17-22-7-4-8-23-17)27-16(26)13-9-12(13)11-5-2-3-6-14(11)18(19,20)21/h2-8,10,12-13H,9H2,1H3,(H,22,23,24,25)/t10-,12-,13-/m0/s1. The van der Waals surface area contributed by atoms with Gasteiger partial charge in [-0.3, -0.25) is 14.9 Å². The number of hydrogen-bond acceptors (Lipinski definition) is 5. The number of nitrogens with zero attached hydrogens (tertiary/aromatic N) is 2. The molecule has 0 saturated heterocycles. The third-order valence-corrected chi connectivity index (χ3v) is 4.22. The van der Waals surface area contributed by atoms with Gasteiger partial charge in [-0.05, 0) is 37.0 Å².